The average Bonchev–Trinajstić information content (AvgIpc) is 3.20. The van der Waals surface area contributed by atoms with Crippen LogP contribution >= 0.6 is 0 Å². The first-order valence-corrected chi connectivity index (χ1v) is 9.81. The summed E-state index contributed by atoms with van der Waals surface area (Å²) in [6, 6.07) is 0.203. The summed E-state index contributed by atoms with van der Waals surface area (Å²) in [5.41, 5.74) is 1.15. The van der Waals surface area contributed by atoms with Gasteiger partial charge in [0, 0.05) is 37.7 Å². The Bertz CT molecular complexity index is 649. The van der Waals surface area contributed by atoms with E-state index in [4.69, 9.17) is 4.74 Å². The minimum absolute atomic E-state index is 0.0255. The molecule has 2 amide bonds. The van der Waals surface area contributed by atoms with Gasteiger partial charge in [-0.15, -0.1) is 0 Å². The third-order valence-corrected chi connectivity index (χ3v) is 5.65. The molecule has 2 fully saturated rings. The van der Waals surface area contributed by atoms with Gasteiger partial charge in [0.05, 0.1) is 18.3 Å². The van der Waals surface area contributed by atoms with E-state index < -0.39 is 5.60 Å². The summed E-state index contributed by atoms with van der Waals surface area (Å²) in [7, 11) is 0. The second kappa shape index (κ2) is 7.68. The third-order valence-electron chi connectivity index (χ3n) is 5.65. The van der Waals surface area contributed by atoms with Crippen LogP contribution in [0.1, 0.15) is 68.9 Å². The molecular formula is C19H30N4O3. The maximum absolute atomic E-state index is 12.8. The highest BCUT2D eigenvalue weighted by Gasteiger charge is 2.48. The van der Waals surface area contributed by atoms with Gasteiger partial charge in [-0.3, -0.25) is 9.89 Å². The van der Waals surface area contributed by atoms with Crippen LogP contribution in [0.5, 0.6) is 0 Å². The predicted molar refractivity (Wildman–Crippen MR) is 98.0 cm³/mol. The molecule has 1 aromatic heterocycles. The second-order valence-corrected chi connectivity index (χ2v) is 7.62. The fraction of sp³-hybridized carbons (Fsp3) is 0.737. The first-order chi connectivity index (χ1) is 12.5. The minimum Gasteiger partial charge on any atom is -0.441 e. The Morgan fingerprint density at radius 2 is 2.08 bits per heavy atom. The number of carbonyl (C=O) groups is 2. The zero-order valence-corrected chi connectivity index (χ0v) is 16.1. The standard InChI is InChI=1S/C19H30N4O3/c1-4-6-14(3)23-13-19(26-18(23)25)8-10-22(11-9-19)17(24)15-12-20-21-16(15)7-5-2/h12,14H,4-11,13H2,1-3H3,(H,20,21)/t14-/m1/s1. The molecule has 3 heterocycles. The average molecular weight is 362 g/mol. The van der Waals surface area contributed by atoms with E-state index in [0.29, 0.717) is 38.0 Å². The van der Waals surface area contributed by atoms with Crippen molar-refractivity contribution in [1.29, 1.82) is 0 Å². The molecule has 7 nitrogen and oxygen atoms in total. The maximum atomic E-state index is 12.8. The summed E-state index contributed by atoms with van der Waals surface area (Å²) in [4.78, 5) is 28.8. The van der Waals surface area contributed by atoms with Crippen molar-refractivity contribution in [2.75, 3.05) is 19.6 Å². The molecule has 0 aromatic carbocycles. The number of aromatic amines is 1. The molecule has 0 unspecified atom stereocenters. The summed E-state index contributed by atoms with van der Waals surface area (Å²) >= 11 is 0. The molecule has 2 aliphatic heterocycles. The van der Waals surface area contributed by atoms with Gasteiger partial charge in [0.15, 0.2) is 0 Å². The van der Waals surface area contributed by atoms with E-state index in [1.165, 1.54) is 0 Å². The molecule has 2 aliphatic rings. The Morgan fingerprint density at radius 1 is 1.35 bits per heavy atom. The number of likely N-dealkylation sites (tertiary alicyclic amines) is 1. The molecule has 7 heteroatoms. The highest BCUT2D eigenvalue weighted by atomic mass is 16.6. The van der Waals surface area contributed by atoms with Gasteiger partial charge in [-0.25, -0.2) is 4.79 Å². The number of nitrogens with one attached hydrogen (secondary N) is 1. The molecule has 0 saturated carbocycles. The molecule has 0 bridgehead atoms. The quantitative estimate of drug-likeness (QED) is 0.844. The van der Waals surface area contributed by atoms with Gasteiger partial charge >= 0.3 is 6.09 Å². The van der Waals surface area contributed by atoms with Crippen molar-refractivity contribution >= 4 is 12.0 Å². The monoisotopic (exact) mass is 362 g/mol. The van der Waals surface area contributed by atoms with Crippen molar-refractivity contribution in [1.82, 2.24) is 20.0 Å². The van der Waals surface area contributed by atoms with E-state index in [2.05, 4.69) is 31.0 Å². The Balaban J connectivity index is 1.61. The van der Waals surface area contributed by atoms with E-state index in [1.54, 1.807) is 6.20 Å². The van der Waals surface area contributed by atoms with Crippen LogP contribution in [0.2, 0.25) is 0 Å². The zero-order valence-electron chi connectivity index (χ0n) is 16.1. The van der Waals surface area contributed by atoms with Gasteiger partial charge in [-0.2, -0.15) is 5.10 Å². The molecule has 1 N–H and O–H groups in total. The van der Waals surface area contributed by atoms with Crippen molar-refractivity contribution in [2.45, 2.75) is 70.9 Å². The SMILES string of the molecule is CCCc1[nH]ncc1C(=O)N1CCC2(CC1)CN([C@H](C)CCC)C(=O)O2. The lowest BCUT2D eigenvalue weighted by molar-refractivity contribution is 0.00304. The highest BCUT2D eigenvalue weighted by molar-refractivity contribution is 5.95. The van der Waals surface area contributed by atoms with Crippen molar-refractivity contribution in [2.24, 2.45) is 0 Å². The molecule has 1 atom stereocenters. The van der Waals surface area contributed by atoms with E-state index in [-0.39, 0.29) is 18.0 Å². The summed E-state index contributed by atoms with van der Waals surface area (Å²) in [6.07, 6.45) is 6.63. The molecule has 1 spiro atoms. The van der Waals surface area contributed by atoms with E-state index in [0.717, 1.165) is 31.4 Å². The molecule has 144 valence electrons. The number of H-pyrrole nitrogens is 1. The van der Waals surface area contributed by atoms with Crippen molar-refractivity contribution in [3.8, 4) is 0 Å². The van der Waals surface area contributed by atoms with Gasteiger partial charge in [0.1, 0.15) is 5.60 Å². The second-order valence-electron chi connectivity index (χ2n) is 7.62. The van der Waals surface area contributed by atoms with Gasteiger partial charge in [-0.05, 0) is 19.8 Å². The van der Waals surface area contributed by atoms with Gasteiger partial charge in [0.2, 0.25) is 0 Å². The van der Waals surface area contributed by atoms with Crippen molar-refractivity contribution in [3.05, 3.63) is 17.5 Å². The zero-order chi connectivity index (χ0) is 18.7. The molecule has 0 aliphatic carbocycles. The summed E-state index contributed by atoms with van der Waals surface area (Å²) in [5, 5.41) is 6.97. The van der Waals surface area contributed by atoms with Crippen molar-refractivity contribution < 1.29 is 14.3 Å². The van der Waals surface area contributed by atoms with Gasteiger partial charge in [-0.1, -0.05) is 26.7 Å². The number of hydrogen-bond acceptors (Lipinski definition) is 4. The predicted octanol–water partition coefficient (Wildman–Crippen LogP) is 2.98. The molecule has 0 radical (unpaired) electrons. The number of nitrogens with zero attached hydrogens (tertiary/aromatic N) is 3. The number of ether oxygens (including phenoxy) is 1. The number of rotatable bonds is 6. The normalized spacial score (nSPS) is 20.5. The Hall–Kier alpha value is -2.05. The third kappa shape index (κ3) is 3.57. The molecule has 1 aromatic rings. The van der Waals surface area contributed by atoms with E-state index >= 15 is 0 Å². The van der Waals surface area contributed by atoms with Crippen LogP contribution in [0.4, 0.5) is 4.79 Å². The number of amides is 2. The van der Waals surface area contributed by atoms with Gasteiger partial charge in [0.25, 0.3) is 5.91 Å². The Kier molecular flexibility index (Phi) is 5.53. The van der Waals surface area contributed by atoms with Crippen LogP contribution < -0.4 is 0 Å². The van der Waals surface area contributed by atoms with Crippen molar-refractivity contribution in [3.63, 3.8) is 0 Å². The fourth-order valence-corrected chi connectivity index (χ4v) is 4.05. The summed E-state index contributed by atoms with van der Waals surface area (Å²) in [6.45, 7) is 8.15. The smallest absolute Gasteiger partial charge is 0.410 e. The molecule has 26 heavy (non-hydrogen) atoms. The minimum atomic E-state index is -0.432. The largest absolute Gasteiger partial charge is 0.441 e. The maximum Gasteiger partial charge on any atom is 0.410 e. The molecular weight excluding hydrogens is 332 g/mol. The lowest BCUT2D eigenvalue weighted by Gasteiger charge is -2.37. The summed E-state index contributed by atoms with van der Waals surface area (Å²) in [5.74, 6) is 0.0255. The lowest BCUT2D eigenvalue weighted by Crippen LogP contribution is -2.49. The number of aryl methyl sites for hydroxylation is 1. The van der Waals surface area contributed by atoms with Crippen LogP contribution in [0.3, 0.4) is 0 Å². The van der Waals surface area contributed by atoms with E-state index in [9.17, 15) is 9.59 Å². The summed E-state index contributed by atoms with van der Waals surface area (Å²) < 4.78 is 5.78. The lowest BCUT2D eigenvalue weighted by atomic mass is 9.90. The highest BCUT2D eigenvalue weighted by Crippen LogP contribution is 2.35. The van der Waals surface area contributed by atoms with E-state index in [1.807, 2.05) is 9.80 Å². The Morgan fingerprint density at radius 3 is 2.73 bits per heavy atom. The number of hydrogen-bond donors (Lipinski definition) is 1. The topological polar surface area (TPSA) is 78.5 Å². The van der Waals surface area contributed by atoms with Crippen LogP contribution in [0, 0.1) is 0 Å². The number of aromatic nitrogens is 2. The molecule has 3 rings (SSSR count). The van der Waals surface area contributed by atoms with Crippen LogP contribution in [-0.4, -0.2) is 63.3 Å². The first kappa shape index (κ1) is 18.7. The number of piperidine rings is 1. The number of carbonyl (C=O) groups excluding carboxylic acids is 2. The van der Waals surface area contributed by atoms with Crippen LogP contribution in [0.15, 0.2) is 6.20 Å². The van der Waals surface area contributed by atoms with Crippen LogP contribution in [0.25, 0.3) is 0 Å². The van der Waals surface area contributed by atoms with Gasteiger partial charge < -0.3 is 14.5 Å². The van der Waals surface area contributed by atoms with Crippen LogP contribution in [-0.2, 0) is 11.2 Å². The fourth-order valence-electron chi connectivity index (χ4n) is 4.05. The molecule has 2 saturated heterocycles. The first-order valence-electron chi connectivity index (χ1n) is 9.81. The Labute approximate surface area is 155 Å².